The molecule has 1 aromatic carbocycles. The van der Waals surface area contributed by atoms with Gasteiger partial charge in [-0.25, -0.2) is 4.79 Å². The van der Waals surface area contributed by atoms with Crippen LogP contribution in [-0.4, -0.2) is 18.0 Å². The van der Waals surface area contributed by atoms with Crippen LogP contribution in [0, 0.1) is 0 Å². The van der Waals surface area contributed by atoms with Gasteiger partial charge in [0.05, 0.1) is 0 Å². The number of nitrogens with one attached hydrogen (secondary N) is 2. The van der Waals surface area contributed by atoms with Gasteiger partial charge >= 0.3 is 6.03 Å². The van der Waals surface area contributed by atoms with E-state index >= 15 is 0 Å². The Morgan fingerprint density at radius 1 is 1.24 bits per heavy atom. The monoisotopic (exact) mass is 246 g/mol. The molecule has 1 aliphatic rings. The lowest BCUT2D eigenvalue weighted by atomic mass is 10.1. The number of rotatable bonds is 2. The van der Waals surface area contributed by atoms with Crippen LogP contribution >= 0.6 is 11.3 Å². The van der Waals surface area contributed by atoms with Gasteiger partial charge in [0, 0.05) is 11.1 Å². The van der Waals surface area contributed by atoms with Crippen LogP contribution in [0.3, 0.4) is 0 Å². The lowest BCUT2D eigenvalue weighted by Crippen LogP contribution is -2.30. The molecule has 2 N–H and O–H groups in total. The standard InChI is InChI=1S/C12H10N2O2S/c15-11-9(13-12(16)14-11)5-7-6-17-10-4-2-1-3-8(7)10/h1-4,6,9H,5H2,(H2,13,14,15,16). The lowest BCUT2D eigenvalue weighted by molar-refractivity contribution is -0.120. The van der Waals surface area contributed by atoms with Crippen molar-refractivity contribution in [3.8, 4) is 0 Å². The summed E-state index contributed by atoms with van der Waals surface area (Å²) in [6.07, 6.45) is 0.543. The Balaban J connectivity index is 1.90. The van der Waals surface area contributed by atoms with Crippen LogP contribution in [0.1, 0.15) is 5.56 Å². The van der Waals surface area contributed by atoms with Crippen LogP contribution in [-0.2, 0) is 11.2 Å². The van der Waals surface area contributed by atoms with Gasteiger partial charge in [0.15, 0.2) is 0 Å². The van der Waals surface area contributed by atoms with Crippen molar-refractivity contribution in [3.63, 3.8) is 0 Å². The van der Waals surface area contributed by atoms with E-state index in [4.69, 9.17) is 0 Å². The molecule has 1 aliphatic heterocycles. The third kappa shape index (κ3) is 1.78. The van der Waals surface area contributed by atoms with Gasteiger partial charge in [-0.05, 0) is 22.4 Å². The van der Waals surface area contributed by atoms with Gasteiger partial charge < -0.3 is 5.32 Å². The summed E-state index contributed by atoms with van der Waals surface area (Å²) in [7, 11) is 0. The largest absolute Gasteiger partial charge is 0.326 e. The van der Waals surface area contributed by atoms with E-state index in [2.05, 4.69) is 16.7 Å². The highest BCUT2D eigenvalue weighted by atomic mass is 32.1. The Hall–Kier alpha value is -1.88. The normalized spacial score (nSPS) is 19.4. The van der Waals surface area contributed by atoms with Gasteiger partial charge in [-0.2, -0.15) is 0 Å². The molecule has 1 fully saturated rings. The van der Waals surface area contributed by atoms with Gasteiger partial charge in [0.1, 0.15) is 6.04 Å². The highest BCUT2D eigenvalue weighted by Gasteiger charge is 2.29. The van der Waals surface area contributed by atoms with Crippen LogP contribution in [0.15, 0.2) is 29.6 Å². The molecule has 0 bridgehead atoms. The van der Waals surface area contributed by atoms with E-state index < -0.39 is 12.1 Å². The molecule has 4 nitrogen and oxygen atoms in total. The summed E-state index contributed by atoms with van der Waals surface area (Å²) in [6.45, 7) is 0. The Morgan fingerprint density at radius 2 is 2.06 bits per heavy atom. The summed E-state index contributed by atoms with van der Waals surface area (Å²) in [6, 6.07) is 7.21. The third-order valence-corrected chi connectivity index (χ3v) is 3.86. The molecule has 0 aliphatic carbocycles. The van der Waals surface area contributed by atoms with Crippen molar-refractivity contribution in [2.45, 2.75) is 12.5 Å². The molecule has 1 aromatic heterocycles. The first-order valence-corrected chi connectivity index (χ1v) is 6.18. The second-order valence-corrected chi connectivity index (χ2v) is 4.89. The van der Waals surface area contributed by atoms with Crippen molar-refractivity contribution in [1.82, 2.24) is 10.6 Å². The van der Waals surface area contributed by atoms with Crippen LogP contribution in [0.4, 0.5) is 4.79 Å². The molecule has 1 unspecified atom stereocenters. The molecule has 3 amide bonds. The molecule has 0 spiro atoms. The maximum Gasteiger partial charge on any atom is 0.322 e. The molecule has 5 heteroatoms. The summed E-state index contributed by atoms with van der Waals surface area (Å²) in [4.78, 5) is 22.5. The Morgan fingerprint density at radius 3 is 2.82 bits per heavy atom. The third-order valence-electron chi connectivity index (χ3n) is 2.84. The number of imide groups is 1. The minimum absolute atomic E-state index is 0.245. The minimum atomic E-state index is -0.444. The van der Waals surface area contributed by atoms with Gasteiger partial charge in [-0.3, -0.25) is 10.1 Å². The van der Waals surface area contributed by atoms with Crippen molar-refractivity contribution < 1.29 is 9.59 Å². The maximum atomic E-state index is 11.5. The fourth-order valence-corrected chi connectivity index (χ4v) is 2.99. The van der Waals surface area contributed by atoms with Crippen molar-refractivity contribution in [2.24, 2.45) is 0 Å². The van der Waals surface area contributed by atoms with E-state index in [1.165, 1.54) is 4.70 Å². The van der Waals surface area contributed by atoms with Crippen LogP contribution in [0.2, 0.25) is 0 Å². The summed E-state index contributed by atoms with van der Waals surface area (Å²) in [5.41, 5.74) is 1.10. The van der Waals surface area contributed by atoms with Crippen molar-refractivity contribution >= 4 is 33.4 Å². The number of fused-ring (bicyclic) bond motifs is 1. The van der Waals surface area contributed by atoms with Gasteiger partial charge in [-0.1, -0.05) is 18.2 Å². The topological polar surface area (TPSA) is 58.2 Å². The smallest absolute Gasteiger partial charge is 0.322 e. The van der Waals surface area contributed by atoms with Crippen LogP contribution < -0.4 is 10.6 Å². The Bertz CT molecular complexity index is 605. The van der Waals surface area contributed by atoms with E-state index in [9.17, 15) is 9.59 Å². The fourth-order valence-electron chi connectivity index (χ4n) is 2.01. The second-order valence-electron chi connectivity index (χ2n) is 3.98. The maximum absolute atomic E-state index is 11.5. The fraction of sp³-hybridized carbons (Fsp3) is 0.167. The van der Waals surface area contributed by atoms with Crippen molar-refractivity contribution in [3.05, 3.63) is 35.2 Å². The molecule has 2 aromatic rings. The summed E-state index contributed by atoms with van der Waals surface area (Å²) in [5, 5.41) is 8.06. The SMILES string of the molecule is O=C1NC(=O)C(Cc2csc3ccccc23)N1. The quantitative estimate of drug-likeness (QED) is 0.792. The number of carbonyl (C=O) groups excluding carboxylic acids is 2. The summed E-state index contributed by atoms with van der Waals surface area (Å²) in [5.74, 6) is -0.245. The molecule has 2 heterocycles. The zero-order valence-corrected chi connectivity index (χ0v) is 9.71. The number of carbonyl (C=O) groups is 2. The van der Waals surface area contributed by atoms with Crippen molar-refractivity contribution in [2.75, 3.05) is 0 Å². The van der Waals surface area contributed by atoms with E-state index in [1.807, 2.05) is 23.6 Å². The average Bonchev–Trinajstić information content (AvgIpc) is 2.85. The number of hydrogen-bond acceptors (Lipinski definition) is 3. The zero-order valence-electron chi connectivity index (χ0n) is 8.90. The van der Waals surface area contributed by atoms with Gasteiger partial charge in [0.2, 0.25) is 0 Å². The molecule has 0 saturated carbocycles. The Kier molecular flexibility index (Phi) is 2.33. The molecular weight excluding hydrogens is 236 g/mol. The number of thiophene rings is 1. The van der Waals surface area contributed by atoms with Gasteiger partial charge in [-0.15, -0.1) is 11.3 Å². The number of urea groups is 1. The lowest BCUT2D eigenvalue weighted by Gasteiger charge is -2.05. The van der Waals surface area contributed by atoms with Crippen LogP contribution in [0.5, 0.6) is 0 Å². The molecule has 17 heavy (non-hydrogen) atoms. The molecule has 1 saturated heterocycles. The first-order valence-electron chi connectivity index (χ1n) is 5.30. The number of amides is 3. The predicted octanol–water partition coefficient (Wildman–Crippen LogP) is 1.65. The average molecular weight is 246 g/mol. The zero-order chi connectivity index (χ0) is 11.8. The van der Waals surface area contributed by atoms with E-state index in [-0.39, 0.29) is 5.91 Å². The highest BCUT2D eigenvalue weighted by Crippen LogP contribution is 2.26. The van der Waals surface area contributed by atoms with Crippen molar-refractivity contribution in [1.29, 1.82) is 0 Å². The molecule has 1 atom stereocenters. The molecule has 3 rings (SSSR count). The Labute approximate surface area is 102 Å². The van der Waals surface area contributed by atoms with E-state index in [0.29, 0.717) is 6.42 Å². The number of benzene rings is 1. The minimum Gasteiger partial charge on any atom is -0.326 e. The molecular formula is C12H10N2O2S. The van der Waals surface area contributed by atoms with E-state index in [0.717, 1.165) is 10.9 Å². The van der Waals surface area contributed by atoms with E-state index in [1.54, 1.807) is 11.3 Å². The first-order chi connectivity index (χ1) is 8.24. The summed E-state index contributed by atoms with van der Waals surface area (Å²) >= 11 is 1.65. The predicted molar refractivity (Wildman–Crippen MR) is 66.0 cm³/mol. The second kappa shape index (κ2) is 3.85. The molecule has 0 radical (unpaired) electrons. The number of hydrogen-bond donors (Lipinski definition) is 2. The highest BCUT2D eigenvalue weighted by molar-refractivity contribution is 7.17. The molecule has 86 valence electrons. The van der Waals surface area contributed by atoms with Gasteiger partial charge in [0.25, 0.3) is 5.91 Å². The summed E-state index contributed by atoms with van der Waals surface area (Å²) < 4.78 is 1.20. The first kappa shape index (κ1) is 10.3. The van der Waals surface area contributed by atoms with Crippen LogP contribution in [0.25, 0.3) is 10.1 Å².